The van der Waals surface area contributed by atoms with Crippen molar-refractivity contribution in [3.8, 4) is 0 Å². The Kier molecular flexibility index (Phi) is 5.22. The number of hydrogen-bond acceptors (Lipinski definition) is 5. The summed E-state index contributed by atoms with van der Waals surface area (Å²) in [6, 6.07) is 3.70. The van der Waals surface area contributed by atoms with Crippen molar-refractivity contribution in [2.24, 2.45) is 5.92 Å². The summed E-state index contributed by atoms with van der Waals surface area (Å²) in [5, 5.41) is 4.62. The molecular formula is C20H28N4O3. The molecule has 7 nitrogen and oxygen atoms in total. The van der Waals surface area contributed by atoms with Gasteiger partial charge in [-0.1, -0.05) is 20.8 Å². The Balaban J connectivity index is 1.86. The molecule has 1 saturated heterocycles. The molecule has 0 bridgehead atoms. The zero-order valence-corrected chi connectivity index (χ0v) is 16.8. The van der Waals surface area contributed by atoms with Gasteiger partial charge in [-0.25, -0.2) is 9.50 Å². The number of likely N-dealkylation sites (tertiary alicyclic amines) is 1. The topological polar surface area (TPSA) is 76.8 Å². The van der Waals surface area contributed by atoms with Crippen LogP contribution in [0.15, 0.2) is 12.1 Å². The number of hydrogen-bond donors (Lipinski definition) is 0. The van der Waals surface area contributed by atoms with Crippen LogP contribution in [0.4, 0.5) is 0 Å². The average Bonchev–Trinajstić information content (AvgIpc) is 3.06. The van der Waals surface area contributed by atoms with Gasteiger partial charge in [0.15, 0.2) is 5.65 Å². The molecular weight excluding hydrogens is 344 g/mol. The molecule has 2 aromatic rings. The van der Waals surface area contributed by atoms with Crippen molar-refractivity contribution in [3.63, 3.8) is 0 Å². The molecule has 3 heterocycles. The van der Waals surface area contributed by atoms with Crippen molar-refractivity contribution in [1.82, 2.24) is 19.5 Å². The van der Waals surface area contributed by atoms with E-state index in [9.17, 15) is 9.59 Å². The third-order valence-corrected chi connectivity index (χ3v) is 4.92. The number of ether oxygens (including phenoxy) is 1. The highest BCUT2D eigenvalue weighted by Crippen LogP contribution is 2.23. The number of esters is 1. The number of amides is 1. The number of carbonyl (C=O) groups is 2. The van der Waals surface area contributed by atoms with Gasteiger partial charge in [0.25, 0.3) is 5.91 Å². The molecule has 3 rings (SSSR count). The number of piperidine rings is 1. The van der Waals surface area contributed by atoms with E-state index in [2.05, 4.69) is 30.9 Å². The Morgan fingerprint density at radius 2 is 2.04 bits per heavy atom. The summed E-state index contributed by atoms with van der Waals surface area (Å²) in [4.78, 5) is 31.3. The first kappa shape index (κ1) is 19.3. The highest BCUT2D eigenvalue weighted by Gasteiger charge is 2.30. The summed E-state index contributed by atoms with van der Waals surface area (Å²) in [7, 11) is 0. The minimum atomic E-state index is -0.255. The van der Waals surface area contributed by atoms with Crippen molar-refractivity contribution in [3.05, 3.63) is 29.2 Å². The van der Waals surface area contributed by atoms with Crippen LogP contribution in [-0.2, 0) is 14.9 Å². The Hall–Kier alpha value is -2.44. The van der Waals surface area contributed by atoms with Gasteiger partial charge in [0.1, 0.15) is 5.69 Å². The van der Waals surface area contributed by atoms with Gasteiger partial charge in [0.05, 0.1) is 18.2 Å². The van der Waals surface area contributed by atoms with E-state index in [1.54, 1.807) is 22.4 Å². The Bertz CT molecular complexity index is 866. The van der Waals surface area contributed by atoms with Crippen molar-refractivity contribution >= 4 is 17.5 Å². The largest absolute Gasteiger partial charge is 0.466 e. The first-order valence-corrected chi connectivity index (χ1v) is 9.54. The van der Waals surface area contributed by atoms with Gasteiger partial charge in [-0.15, -0.1) is 0 Å². The summed E-state index contributed by atoms with van der Waals surface area (Å²) < 4.78 is 6.90. The summed E-state index contributed by atoms with van der Waals surface area (Å²) in [5.41, 5.74) is 2.76. The molecule has 0 aromatic carbocycles. The molecule has 7 heteroatoms. The maximum Gasteiger partial charge on any atom is 0.310 e. The average molecular weight is 372 g/mol. The number of carbonyl (C=O) groups excluding carboxylic acids is 2. The number of nitrogens with zero attached hydrogens (tertiary/aromatic N) is 4. The molecule has 0 saturated carbocycles. The standard InChI is InChI=1S/C20H28N4O3/c1-6-27-19(26)14-8-7-9-23(12-14)18(25)15-10-13(2)24-17(21-15)11-16(22-24)20(3,4)5/h10-11,14H,6-9,12H2,1-5H3. The molecule has 1 aliphatic rings. The van der Waals surface area contributed by atoms with Crippen LogP contribution >= 0.6 is 0 Å². The Labute approximate surface area is 159 Å². The van der Waals surface area contributed by atoms with Crippen LogP contribution in [0.25, 0.3) is 5.65 Å². The zero-order valence-electron chi connectivity index (χ0n) is 16.8. The number of aryl methyl sites for hydroxylation is 1. The van der Waals surface area contributed by atoms with Gasteiger partial charge in [0, 0.05) is 30.3 Å². The van der Waals surface area contributed by atoms with Gasteiger partial charge < -0.3 is 9.64 Å². The van der Waals surface area contributed by atoms with Crippen molar-refractivity contribution in [1.29, 1.82) is 0 Å². The monoisotopic (exact) mass is 372 g/mol. The Morgan fingerprint density at radius 3 is 2.70 bits per heavy atom. The van der Waals surface area contributed by atoms with Crippen LogP contribution in [0, 0.1) is 12.8 Å². The number of rotatable bonds is 3. The van der Waals surface area contributed by atoms with Crippen molar-refractivity contribution in [2.75, 3.05) is 19.7 Å². The second kappa shape index (κ2) is 7.29. The predicted octanol–water partition coefficient (Wildman–Crippen LogP) is 2.75. The molecule has 0 N–H and O–H groups in total. The smallest absolute Gasteiger partial charge is 0.310 e. The maximum atomic E-state index is 13.0. The minimum absolute atomic E-state index is 0.0932. The minimum Gasteiger partial charge on any atom is -0.466 e. The van der Waals surface area contributed by atoms with E-state index >= 15 is 0 Å². The maximum absolute atomic E-state index is 13.0. The zero-order chi connectivity index (χ0) is 19.8. The molecule has 1 unspecified atom stereocenters. The SMILES string of the molecule is CCOC(=O)C1CCCN(C(=O)c2cc(C)n3nc(C(C)(C)C)cc3n2)C1. The molecule has 0 aliphatic carbocycles. The van der Waals surface area contributed by atoms with E-state index in [4.69, 9.17) is 4.74 Å². The first-order valence-electron chi connectivity index (χ1n) is 9.54. The second-order valence-electron chi connectivity index (χ2n) is 8.17. The fourth-order valence-electron chi connectivity index (χ4n) is 3.38. The third kappa shape index (κ3) is 3.96. The van der Waals surface area contributed by atoms with Crippen LogP contribution in [0.1, 0.15) is 62.4 Å². The predicted molar refractivity (Wildman–Crippen MR) is 102 cm³/mol. The van der Waals surface area contributed by atoms with Crippen LogP contribution in [0.5, 0.6) is 0 Å². The fourth-order valence-corrected chi connectivity index (χ4v) is 3.38. The van der Waals surface area contributed by atoms with Crippen LogP contribution in [0.3, 0.4) is 0 Å². The van der Waals surface area contributed by atoms with E-state index < -0.39 is 0 Å². The summed E-state index contributed by atoms with van der Waals surface area (Å²) >= 11 is 0. The molecule has 2 aromatic heterocycles. The summed E-state index contributed by atoms with van der Waals surface area (Å²) in [5.74, 6) is -0.622. The highest BCUT2D eigenvalue weighted by molar-refractivity contribution is 5.93. The molecule has 27 heavy (non-hydrogen) atoms. The fraction of sp³-hybridized carbons (Fsp3) is 0.600. The van der Waals surface area contributed by atoms with Crippen LogP contribution in [0.2, 0.25) is 0 Å². The lowest BCUT2D eigenvalue weighted by atomic mass is 9.93. The van der Waals surface area contributed by atoms with Gasteiger partial charge in [0.2, 0.25) is 0 Å². The molecule has 1 aliphatic heterocycles. The quantitative estimate of drug-likeness (QED) is 0.774. The highest BCUT2D eigenvalue weighted by atomic mass is 16.5. The lowest BCUT2D eigenvalue weighted by Crippen LogP contribution is -2.43. The molecule has 0 radical (unpaired) electrons. The number of fused-ring (bicyclic) bond motifs is 1. The Morgan fingerprint density at radius 1 is 1.30 bits per heavy atom. The van der Waals surface area contributed by atoms with Gasteiger partial charge in [-0.2, -0.15) is 5.10 Å². The molecule has 1 amide bonds. The van der Waals surface area contributed by atoms with Crippen molar-refractivity contribution in [2.45, 2.75) is 52.9 Å². The lowest BCUT2D eigenvalue weighted by Gasteiger charge is -2.31. The molecule has 1 fully saturated rings. The number of aromatic nitrogens is 3. The van der Waals surface area contributed by atoms with Gasteiger partial charge in [-0.3, -0.25) is 9.59 Å². The normalized spacial score (nSPS) is 18.0. The molecule has 1 atom stereocenters. The van der Waals surface area contributed by atoms with E-state index in [0.717, 1.165) is 24.2 Å². The third-order valence-electron chi connectivity index (χ3n) is 4.92. The second-order valence-corrected chi connectivity index (χ2v) is 8.17. The van der Waals surface area contributed by atoms with Crippen LogP contribution < -0.4 is 0 Å². The van der Waals surface area contributed by atoms with Gasteiger partial charge in [-0.05, 0) is 32.8 Å². The van der Waals surface area contributed by atoms with E-state index in [-0.39, 0.29) is 23.2 Å². The summed E-state index contributed by atoms with van der Waals surface area (Å²) in [6.07, 6.45) is 1.54. The molecule has 0 spiro atoms. The van der Waals surface area contributed by atoms with E-state index in [0.29, 0.717) is 31.0 Å². The molecule has 146 valence electrons. The van der Waals surface area contributed by atoms with E-state index in [1.165, 1.54) is 0 Å². The van der Waals surface area contributed by atoms with Crippen molar-refractivity contribution < 1.29 is 14.3 Å². The first-order chi connectivity index (χ1) is 12.7. The summed E-state index contributed by atoms with van der Waals surface area (Å²) in [6.45, 7) is 11.4. The van der Waals surface area contributed by atoms with Gasteiger partial charge >= 0.3 is 5.97 Å². The van der Waals surface area contributed by atoms with E-state index in [1.807, 2.05) is 13.0 Å². The lowest BCUT2D eigenvalue weighted by molar-refractivity contribution is -0.149. The van der Waals surface area contributed by atoms with Crippen LogP contribution in [-0.4, -0.2) is 51.1 Å².